The molecule has 1 aromatic carbocycles. The van der Waals surface area contributed by atoms with E-state index < -0.39 is 41.6 Å². The van der Waals surface area contributed by atoms with Gasteiger partial charge in [0, 0.05) is 17.7 Å². The molecule has 3 heterocycles. The number of anilines is 1. The number of amides is 1. The van der Waals surface area contributed by atoms with E-state index in [0.717, 1.165) is 6.07 Å². The predicted octanol–water partition coefficient (Wildman–Crippen LogP) is 2.66. The molecule has 0 spiro atoms. The molecule has 186 valence electrons. The van der Waals surface area contributed by atoms with Gasteiger partial charge in [-0.1, -0.05) is 0 Å². The molecule has 9 nitrogen and oxygen atoms in total. The minimum Gasteiger partial charge on any atom is -0.473 e. The molecule has 12 heteroatoms. The highest BCUT2D eigenvalue weighted by atomic mass is 19.1. The van der Waals surface area contributed by atoms with Crippen LogP contribution in [0.4, 0.5) is 18.9 Å². The lowest BCUT2D eigenvalue weighted by Gasteiger charge is -2.45. The van der Waals surface area contributed by atoms with Gasteiger partial charge < -0.3 is 25.3 Å². The molecule has 0 radical (unpaired) electrons. The van der Waals surface area contributed by atoms with E-state index in [1.54, 1.807) is 0 Å². The van der Waals surface area contributed by atoms with Crippen LogP contribution in [0.2, 0.25) is 0 Å². The van der Waals surface area contributed by atoms with Crippen molar-refractivity contribution in [3.63, 3.8) is 0 Å². The molecule has 5 rings (SSSR count). The Balaban J connectivity index is 1.36. The third kappa shape index (κ3) is 4.62. The molecule has 0 bridgehead atoms. The van der Waals surface area contributed by atoms with Gasteiger partial charge in [0.2, 0.25) is 5.88 Å². The highest BCUT2D eigenvalue weighted by Gasteiger charge is 2.52. The molecular weight excluding hydrogens is 467 g/mol. The van der Waals surface area contributed by atoms with Crippen LogP contribution in [0.1, 0.15) is 35.3 Å². The first kappa shape index (κ1) is 23.3. The average molecular weight is 491 g/mol. The molecule has 1 saturated heterocycles. The van der Waals surface area contributed by atoms with E-state index in [-0.39, 0.29) is 42.1 Å². The van der Waals surface area contributed by atoms with Gasteiger partial charge in [0.1, 0.15) is 42.1 Å². The second kappa shape index (κ2) is 8.99. The minimum atomic E-state index is -1.66. The molecule has 1 aromatic heterocycles. The number of fused-ring (bicyclic) bond motifs is 1. The Morgan fingerprint density at radius 2 is 2.11 bits per heavy atom. The van der Waals surface area contributed by atoms with E-state index in [4.69, 9.17) is 19.9 Å². The van der Waals surface area contributed by atoms with Crippen LogP contribution >= 0.6 is 0 Å². The molecule has 2 fully saturated rings. The van der Waals surface area contributed by atoms with Crippen molar-refractivity contribution in [2.45, 2.75) is 36.6 Å². The summed E-state index contributed by atoms with van der Waals surface area (Å²) >= 11 is 0. The van der Waals surface area contributed by atoms with Crippen LogP contribution in [0.5, 0.6) is 5.88 Å². The Bertz CT molecular complexity index is 1140. The molecular formula is C23H24F3N5O4. The van der Waals surface area contributed by atoms with E-state index >= 15 is 4.39 Å². The molecule has 3 aliphatic rings. The normalized spacial score (nSPS) is 26.7. The first-order chi connectivity index (χ1) is 16.8. The number of amidine groups is 1. The molecule has 35 heavy (non-hydrogen) atoms. The Labute approximate surface area is 198 Å². The number of aliphatic imine (C=N–C) groups is 1. The highest BCUT2D eigenvalue weighted by Crippen LogP contribution is 2.44. The number of nitrogens with two attached hydrogens (primary N) is 1. The SMILES string of the molecule is NC1=N[C@](CF)(c2cc(NC(=O)c3cnc(OCC4(F)CC4)cn3)ccc2F)[C@H]2COCC[C@H]2O1. The summed E-state index contributed by atoms with van der Waals surface area (Å²) in [6.45, 7) is -0.625. The van der Waals surface area contributed by atoms with Crippen LogP contribution in [-0.2, 0) is 15.0 Å². The summed E-state index contributed by atoms with van der Waals surface area (Å²) in [5.74, 6) is -1.84. The number of nitrogens with one attached hydrogen (secondary N) is 1. The summed E-state index contributed by atoms with van der Waals surface area (Å²) in [6, 6.07) is 3.56. The fourth-order valence-corrected chi connectivity index (χ4v) is 4.35. The summed E-state index contributed by atoms with van der Waals surface area (Å²) in [4.78, 5) is 24.8. The van der Waals surface area contributed by atoms with Gasteiger partial charge in [-0.3, -0.25) is 4.79 Å². The lowest BCUT2D eigenvalue weighted by Crippen LogP contribution is -2.54. The Morgan fingerprint density at radius 1 is 1.29 bits per heavy atom. The van der Waals surface area contributed by atoms with E-state index in [2.05, 4.69) is 20.3 Å². The second-order valence-corrected chi connectivity index (χ2v) is 8.96. The molecule has 2 aliphatic heterocycles. The fraction of sp³-hybridized carbons (Fsp3) is 0.478. The summed E-state index contributed by atoms with van der Waals surface area (Å²) in [5.41, 5.74) is 2.93. The van der Waals surface area contributed by atoms with Crippen LogP contribution in [0.3, 0.4) is 0 Å². The lowest BCUT2D eigenvalue weighted by atomic mass is 9.74. The summed E-state index contributed by atoms with van der Waals surface area (Å²) in [5, 5.41) is 2.60. The van der Waals surface area contributed by atoms with Crippen molar-refractivity contribution in [3.8, 4) is 5.88 Å². The number of hydrogen-bond donors (Lipinski definition) is 2. The Hall–Kier alpha value is -3.41. The van der Waals surface area contributed by atoms with Gasteiger partial charge >= 0.3 is 0 Å². The van der Waals surface area contributed by atoms with Crippen LogP contribution < -0.4 is 15.8 Å². The van der Waals surface area contributed by atoms with Gasteiger partial charge in [-0.15, -0.1) is 0 Å². The maximum Gasteiger partial charge on any atom is 0.283 e. The number of carbonyl (C=O) groups is 1. The fourth-order valence-electron chi connectivity index (χ4n) is 4.35. The smallest absolute Gasteiger partial charge is 0.283 e. The molecule has 3 N–H and O–H groups in total. The van der Waals surface area contributed by atoms with E-state index in [1.165, 1.54) is 24.5 Å². The minimum absolute atomic E-state index is 0.0427. The molecule has 2 aromatic rings. The second-order valence-electron chi connectivity index (χ2n) is 8.96. The number of hydrogen-bond acceptors (Lipinski definition) is 8. The van der Waals surface area contributed by atoms with Crippen LogP contribution in [-0.4, -0.2) is 60.2 Å². The van der Waals surface area contributed by atoms with Crippen molar-refractivity contribution in [1.82, 2.24) is 9.97 Å². The third-order valence-electron chi connectivity index (χ3n) is 6.51. The maximum absolute atomic E-state index is 15.0. The molecule has 3 atom stereocenters. The molecule has 1 aliphatic carbocycles. The van der Waals surface area contributed by atoms with Crippen LogP contribution in [0.15, 0.2) is 35.6 Å². The summed E-state index contributed by atoms with van der Waals surface area (Å²) < 4.78 is 59.6. The number of ether oxygens (including phenoxy) is 3. The lowest BCUT2D eigenvalue weighted by molar-refractivity contribution is -0.0785. The number of rotatable bonds is 7. The van der Waals surface area contributed by atoms with Gasteiger partial charge in [-0.2, -0.15) is 0 Å². The van der Waals surface area contributed by atoms with Crippen molar-refractivity contribution >= 4 is 17.6 Å². The number of nitrogens with zero attached hydrogens (tertiary/aromatic N) is 3. The van der Waals surface area contributed by atoms with E-state index in [0.29, 0.717) is 25.9 Å². The quantitative estimate of drug-likeness (QED) is 0.611. The summed E-state index contributed by atoms with van der Waals surface area (Å²) in [7, 11) is 0. The number of halogens is 3. The van der Waals surface area contributed by atoms with Crippen molar-refractivity contribution in [3.05, 3.63) is 47.7 Å². The van der Waals surface area contributed by atoms with Gasteiger partial charge in [-0.25, -0.2) is 28.1 Å². The van der Waals surface area contributed by atoms with E-state index in [9.17, 15) is 13.6 Å². The molecule has 1 amide bonds. The zero-order valence-corrected chi connectivity index (χ0v) is 18.7. The van der Waals surface area contributed by atoms with Crippen LogP contribution in [0, 0.1) is 11.7 Å². The van der Waals surface area contributed by atoms with Crippen molar-refractivity contribution in [2.75, 3.05) is 31.8 Å². The monoisotopic (exact) mass is 491 g/mol. The van der Waals surface area contributed by atoms with Crippen LogP contribution in [0.25, 0.3) is 0 Å². The number of alkyl halides is 2. The van der Waals surface area contributed by atoms with Gasteiger partial charge in [0.05, 0.1) is 31.5 Å². The van der Waals surface area contributed by atoms with Crippen molar-refractivity contribution < 1.29 is 32.2 Å². The Kier molecular flexibility index (Phi) is 5.99. The standard InChI is InChI=1S/C23H24F3N5O4/c24-11-23(15-10-33-6-3-18(15)35-21(27)31-23)14-7-13(1-2-16(14)25)30-20(32)17-8-29-19(9-28-17)34-12-22(26)4-5-22/h1-2,7-9,15,18H,3-6,10-12H2,(H2,27,31)(H,30,32)/t15-,18+,23+/m0/s1. The average Bonchev–Trinajstić information content (AvgIpc) is 3.61. The highest BCUT2D eigenvalue weighted by molar-refractivity contribution is 6.02. The topological polar surface area (TPSA) is 121 Å². The zero-order valence-electron chi connectivity index (χ0n) is 18.7. The number of benzene rings is 1. The van der Waals surface area contributed by atoms with Crippen molar-refractivity contribution in [2.24, 2.45) is 16.6 Å². The molecule has 0 unspecified atom stereocenters. The maximum atomic E-state index is 15.0. The summed E-state index contributed by atoms with van der Waals surface area (Å²) in [6.07, 6.45) is 3.29. The van der Waals surface area contributed by atoms with Gasteiger partial charge in [0.15, 0.2) is 0 Å². The zero-order chi connectivity index (χ0) is 24.6. The predicted molar refractivity (Wildman–Crippen MR) is 118 cm³/mol. The largest absolute Gasteiger partial charge is 0.473 e. The first-order valence-corrected chi connectivity index (χ1v) is 11.2. The number of aromatic nitrogens is 2. The number of carbonyl (C=O) groups excluding carboxylic acids is 1. The van der Waals surface area contributed by atoms with Crippen molar-refractivity contribution in [1.29, 1.82) is 0 Å². The molecule has 1 saturated carbocycles. The van der Waals surface area contributed by atoms with E-state index in [1.807, 2.05) is 0 Å². The third-order valence-corrected chi connectivity index (χ3v) is 6.51. The first-order valence-electron chi connectivity index (χ1n) is 11.2. The van der Waals surface area contributed by atoms with Gasteiger partial charge in [0.25, 0.3) is 11.9 Å². The van der Waals surface area contributed by atoms with Gasteiger partial charge in [-0.05, 0) is 31.0 Å². The Morgan fingerprint density at radius 3 is 2.83 bits per heavy atom.